The highest BCUT2D eigenvalue weighted by Gasteiger charge is 2.21. The number of pyridine rings is 1. The van der Waals surface area contributed by atoms with Gasteiger partial charge in [-0.15, -0.1) is 0 Å². The summed E-state index contributed by atoms with van der Waals surface area (Å²) in [4.78, 5) is 29.0. The molecule has 0 radical (unpaired) electrons. The average molecular weight is 498 g/mol. The van der Waals surface area contributed by atoms with Gasteiger partial charge in [-0.25, -0.2) is 22.9 Å². The van der Waals surface area contributed by atoms with Crippen LogP contribution < -0.4 is 10.3 Å². The first kappa shape index (κ1) is 23.6. The van der Waals surface area contributed by atoms with Gasteiger partial charge in [0.15, 0.2) is 0 Å². The number of nitrogens with one attached hydrogen (secondary N) is 1. The Balaban J connectivity index is 1.50. The van der Waals surface area contributed by atoms with Crippen molar-refractivity contribution in [2.45, 2.75) is 25.0 Å². The van der Waals surface area contributed by atoms with Crippen LogP contribution in [0.25, 0.3) is 5.65 Å². The molecule has 2 aromatic carbocycles. The quantitative estimate of drug-likeness (QED) is 0.392. The molecule has 2 aromatic heterocycles. The van der Waals surface area contributed by atoms with Crippen LogP contribution in [-0.4, -0.2) is 23.8 Å². The molecule has 2 heterocycles. The second-order valence-electron chi connectivity index (χ2n) is 7.55. The second-order valence-corrected chi connectivity index (χ2v) is 9.69. The predicted molar refractivity (Wildman–Crippen MR) is 127 cm³/mol. The van der Waals surface area contributed by atoms with E-state index in [4.69, 9.17) is 16.3 Å². The molecule has 4 rings (SSSR count). The minimum atomic E-state index is -3.99. The van der Waals surface area contributed by atoms with Gasteiger partial charge in [-0.05, 0) is 42.3 Å². The second kappa shape index (κ2) is 9.76. The Morgan fingerprint density at radius 1 is 1.09 bits per heavy atom. The Hall–Kier alpha value is -3.53. The first-order chi connectivity index (χ1) is 16.2. The van der Waals surface area contributed by atoms with Crippen molar-refractivity contribution in [1.82, 2.24) is 14.1 Å². The van der Waals surface area contributed by atoms with Crippen LogP contribution in [0.4, 0.5) is 0 Å². The zero-order valence-electron chi connectivity index (χ0n) is 18.1. The number of hydrogen-bond acceptors (Lipinski definition) is 6. The van der Waals surface area contributed by atoms with Gasteiger partial charge < -0.3 is 4.74 Å². The van der Waals surface area contributed by atoms with E-state index in [0.29, 0.717) is 5.65 Å². The number of fused-ring (bicyclic) bond motifs is 1. The van der Waals surface area contributed by atoms with Crippen LogP contribution in [0.1, 0.15) is 27.2 Å². The average Bonchev–Trinajstić information content (AvgIpc) is 2.82. The van der Waals surface area contributed by atoms with E-state index in [0.717, 1.165) is 17.2 Å². The molecule has 0 spiro atoms. The van der Waals surface area contributed by atoms with Crippen LogP contribution in [0.5, 0.6) is 0 Å². The number of halogens is 1. The van der Waals surface area contributed by atoms with Gasteiger partial charge in [-0.2, -0.15) is 0 Å². The molecule has 0 aliphatic heterocycles. The molecular formula is C24H20ClN3O5S. The Morgan fingerprint density at radius 3 is 2.62 bits per heavy atom. The van der Waals surface area contributed by atoms with Gasteiger partial charge in [-0.1, -0.05) is 48.0 Å². The molecule has 0 bridgehead atoms. The van der Waals surface area contributed by atoms with Gasteiger partial charge in [0, 0.05) is 18.8 Å². The van der Waals surface area contributed by atoms with Crippen molar-refractivity contribution in [3.05, 3.63) is 111 Å². The molecule has 0 saturated carbocycles. The number of ether oxygens (including phenoxy) is 1. The number of carbonyl (C=O) groups excluding carboxylic acids is 1. The highest BCUT2D eigenvalue weighted by molar-refractivity contribution is 7.89. The van der Waals surface area contributed by atoms with E-state index >= 15 is 0 Å². The van der Waals surface area contributed by atoms with Gasteiger partial charge in [-0.3, -0.25) is 9.20 Å². The zero-order valence-corrected chi connectivity index (χ0v) is 19.6. The fourth-order valence-corrected chi connectivity index (χ4v) is 4.78. The standard InChI is InChI=1S/C24H20ClN3O5S/c1-16-7-10-22-27-19(12-23(29)28(22)14-16)15-33-24(30)18-8-9-20(25)21(11-18)34(31,32)26-13-17-5-3-2-4-6-17/h2-12,14,26H,13,15H2,1H3. The van der Waals surface area contributed by atoms with Crippen LogP contribution in [0, 0.1) is 6.92 Å². The minimum absolute atomic E-state index is 0.00220. The van der Waals surface area contributed by atoms with Crippen molar-refractivity contribution in [2.24, 2.45) is 0 Å². The molecule has 0 saturated heterocycles. The first-order valence-electron chi connectivity index (χ1n) is 10.2. The van der Waals surface area contributed by atoms with Crippen molar-refractivity contribution >= 4 is 33.2 Å². The highest BCUT2D eigenvalue weighted by atomic mass is 35.5. The lowest BCUT2D eigenvalue weighted by molar-refractivity contribution is 0.0467. The maximum atomic E-state index is 12.8. The van der Waals surface area contributed by atoms with E-state index < -0.39 is 16.0 Å². The summed E-state index contributed by atoms with van der Waals surface area (Å²) in [5, 5.41) is -0.0309. The molecule has 10 heteroatoms. The zero-order chi connectivity index (χ0) is 24.3. The normalized spacial score (nSPS) is 11.5. The van der Waals surface area contributed by atoms with E-state index in [1.54, 1.807) is 36.5 Å². The molecule has 174 valence electrons. The van der Waals surface area contributed by atoms with E-state index in [9.17, 15) is 18.0 Å². The molecule has 0 aliphatic rings. The summed E-state index contributed by atoms with van der Waals surface area (Å²) in [5.41, 5.74) is 2.07. The van der Waals surface area contributed by atoms with E-state index in [1.165, 1.54) is 22.6 Å². The largest absolute Gasteiger partial charge is 0.456 e. The fourth-order valence-electron chi connectivity index (χ4n) is 3.24. The number of esters is 1. The number of aryl methyl sites for hydroxylation is 1. The van der Waals surface area contributed by atoms with Crippen LogP contribution in [-0.2, 0) is 27.9 Å². The Kier molecular flexibility index (Phi) is 6.78. The van der Waals surface area contributed by atoms with Crippen LogP contribution >= 0.6 is 11.6 Å². The molecule has 0 aliphatic carbocycles. The monoisotopic (exact) mass is 497 g/mol. The lowest BCUT2D eigenvalue weighted by Gasteiger charge is -2.11. The van der Waals surface area contributed by atoms with E-state index in [1.807, 2.05) is 19.1 Å². The maximum Gasteiger partial charge on any atom is 0.338 e. The smallest absolute Gasteiger partial charge is 0.338 e. The summed E-state index contributed by atoms with van der Waals surface area (Å²) in [6, 6.07) is 17.6. The van der Waals surface area contributed by atoms with Gasteiger partial charge in [0.05, 0.1) is 16.3 Å². The first-order valence-corrected chi connectivity index (χ1v) is 12.1. The van der Waals surface area contributed by atoms with Gasteiger partial charge >= 0.3 is 5.97 Å². The summed E-state index contributed by atoms with van der Waals surface area (Å²) < 4.78 is 34.7. The number of sulfonamides is 1. The highest BCUT2D eigenvalue weighted by Crippen LogP contribution is 2.23. The molecule has 0 fully saturated rings. The molecule has 0 atom stereocenters. The third-order valence-electron chi connectivity index (χ3n) is 4.98. The molecule has 4 aromatic rings. The third kappa shape index (κ3) is 5.33. The lowest BCUT2D eigenvalue weighted by Crippen LogP contribution is -2.24. The molecule has 8 nitrogen and oxygen atoms in total. The predicted octanol–water partition coefficient (Wildman–Crippen LogP) is 3.49. The van der Waals surface area contributed by atoms with Gasteiger partial charge in [0.1, 0.15) is 17.1 Å². The molecule has 0 unspecified atom stereocenters. The Labute approximate surface area is 200 Å². The van der Waals surface area contributed by atoms with Gasteiger partial charge in [0.25, 0.3) is 5.56 Å². The number of nitrogens with zero attached hydrogens (tertiary/aromatic N) is 2. The number of benzene rings is 2. The number of rotatable bonds is 7. The van der Waals surface area contributed by atoms with E-state index in [2.05, 4.69) is 9.71 Å². The summed E-state index contributed by atoms with van der Waals surface area (Å²) in [5.74, 6) is -0.776. The SMILES string of the molecule is Cc1ccc2nc(COC(=O)c3ccc(Cl)c(S(=O)(=O)NCc4ccccc4)c3)cc(=O)n2c1. The lowest BCUT2D eigenvalue weighted by atomic mass is 10.2. The molecule has 1 N–H and O–H groups in total. The van der Waals surface area contributed by atoms with E-state index in [-0.39, 0.29) is 39.9 Å². The van der Waals surface area contributed by atoms with Crippen LogP contribution in [0.3, 0.4) is 0 Å². The molecular weight excluding hydrogens is 478 g/mol. The summed E-state index contributed by atoms with van der Waals surface area (Å²) in [6.45, 7) is 1.67. The topological polar surface area (TPSA) is 107 Å². The number of hydrogen-bond donors (Lipinski definition) is 1. The van der Waals surface area contributed by atoms with Crippen molar-refractivity contribution in [2.75, 3.05) is 0 Å². The van der Waals surface area contributed by atoms with Crippen LogP contribution in [0.15, 0.2) is 82.6 Å². The number of aromatic nitrogens is 2. The fraction of sp³-hybridized carbons (Fsp3) is 0.125. The Morgan fingerprint density at radius 2 is 1.85 bits per heavy atom. The van der Waals surface area contributed by atoms with Crippen molar-refractivity contribution in [1.29, 1.82) is 0 Å². The Bertz CT molecular complexity index is 1540. The van der Waals surface area contributed by atoms with Crippen molar-refractivity contribution in [3.63, 3.8) is 0 Å². The molecule has 0 amide bonds. The number of carbonyl (C=O) groups is 1. The summed E-state index contributed by atoms with van der Waals surface area (Å²) in [6.07, 6.45) is 1.67. The molecule has 34 heavy (non-hydrogen) atoms. The van der Waals surface area contributed by atoms with Crippen LogP contribution in [0.2, 0.25) is 5.02 Å². The maximum absolute atomic E-state index is 12.8. The van der Waals surface area contributed by atoms with Crippen molar-refractivity contribution < 1.29 is 17.9 Å². The van der Waals surface area contributed by atoms with Crippen molar-refractivity contribution in [3.8, 4) is 0 Å². The third-order valence-corrected chi connectivity index (χ3v) is 6.86. The summed E-state index contributed by atoms with van der Waals surface area (Å²) in [7, 11) is -3.99. The minimum Gasteiger partial charge on any atom is -0.456 e. The summed E-state index contributed by atoms with van der Waals surface area (Å²) >= 11 is 6.11. The van der Waals surface area contributed by atoms with Gasteiger partial charge in [0.2, 0.25) is 10.0 Å².